The van der Waals surface area contributed by atoms with Crippen molar-refractivity contribution in [2.75, 3.05) is 20.3 Å². The fourth-order valence-electron chi connectivity index (χ4n) is 1.41. The van der Waals surface area contributed by atoms with Crippen LogP contribution in [0.25, 0.3) is 0 Å². The molecule has 1 aromatic rings. The molecule has 1 rings (SSSR count). The topological polar surface area (TPSA) is 43.4 Å². The summed E-state index contributed by atoms with van der Waals surface area (Å²) in [6.45, 7) is 7.34. The average molecular weight is 238 g/mol. The molecule has 0 bridgehead atoms. The first-order valence-electron chi connectivity index (χ1n) is 6.05. The Morgan fingerprint density at radius 2 is 2.12 bits per heavy atom. The van der Waals surface area contributed by atoms with Crippen LogP contribution in [-0.2, 0) is 4.74 Å². The van der Waals surface area contributed by atoms with Crippen molar-refractivity contribution in [3.05, 3.63) is 23.9 Å². The summed E-state index contributed by atoms with van der Waals surface area (Å²) in [6, 6.07) is 4.22. The molecule has 0 aromatic carbocycles. The Morgan fingerprint density at radius 1 is 1.35 bits per heavy atom. The number of aromatic nitrogens is 1. The minimum absolute atomic E-state index is 0.0232. The van der Waals surface area contributed by atoms with Crippen LogP contribution in [0, 0.1) is 0 Å². The van der Waals surface area contributed by atoms with Gasteiger partial charge in [-0.05, 0) is 33.4 Å². The molecule has 0 radical (unpaired) electrons. The van der Waals surface area contributed by atoms with Gasteiger partial charge in [0.2, 0.25) is 5.88 Å². The van der Waals surface area contributed by atoms with Crippen LogP contribution >= 0.6 is 0 Å². The summed E-state index contributed by atoms with van der Waals surface area (Å²) in [7, 11) is 1.93. The lowest BCUT2D eigenvalue weighted by molar-refractivity contribution is 0.0633. The van der Waals surface area contributed by atoms with Crippen LogP contribution in [0.4, 0.5) is 0 Å². The Balaban J connectivity index is 2.50. The van der Waals surface area contributed by atoms with Crippen LogP contribution in [0.1, 0.15) is 32.4 Å². The predicted molar refractivity (Wildman–Crippen MR) is 68.3 cm³/mol. The summed E-state index contributed by atoms with van der Waals surface area (Å²) in [5, 5.41) is 3.17. The van der Waals surface area contributed by atoms with Crippen molar-refractivity contribution < 1.29 is 9.47 Å². The molecule has 0 saturated heterocycles. The Hall–Kier alpha value is -1.13. The van der Waals surface area contributed by atoms with Crippen molar-refractivity contribution in [1.82, 2.24) is 10.3 Å². The van der Waals surface area contributed by atoms with Gasteiger partial charge in [0.25, 0.3) is 0 Å². The fourth-order valence-corrected chi connectivity index (χ4v) is 1.41. The van der Waals surface area contributed by atoms with E-state index in [1.54, 1.807) is 0 Å². The van der Waals surface area contributed by atoms with Crippen molar-refractivity contribution in [3.8, 4) is 5.88 Å². The van der Waals surface area contributed by atoms with Gasteiger partial charge in [0.15, 0.2) is 0 Å². The second-order valence-corrected chi connectivity index (χ2v) is 4.03. The molecule has 0 fully saturated rings. The Bertz CT molecular complexity index is 314. The molecule has 0 spiro atoms. The van der Waals surface area contributed by atoms with E-state index >= 15 is 0 Å². The highest BCUT2D eigenvalue weighted by molar-refractivity contribution is 5.20. The highest BCUT2D eigenvalue weighted by Gasteiger charge is 2.06. The van der Waals surface area contributed by atoms with E-state index in [1.165, 1.54) is 0 Å². The molecule has 4 heteroatoms. The molecule has 2 atom stereocenters. The third-order valence-electron chi connectivity index (χ3n) is 2.57. The molecule has 4 nitrogen and oxygen atoms in total. The average Bonchev–Trinajstić information content (AvgIpc) is 2.36. The largest absolute Gasteiger partial charge is 0.472 e. The minimum Gasteiger partial charge on any atom is -0.472 e. The number of rotatable bonds is 7. The Morgan fingerprint density at radius 3 is 2.65 bits per heavy atom. The zero-order valence-corrected chi connectivity index (χ0v) is 11.1. The number of hydrogen-bond donors (Lipinski definition) is 1. The van der Waals surface area contributed by atoms with E-state index in [2.05, 4.69) is 17.2 Å². The van der Waals surface area contributed by atoms with Gasteiger partial charge in [-0.1, -0.05) is 6.07 Å². The van der Waals surface area contributed by atoms with Crippen LogP contribution in [0.15, 0.2) is 18.3 Å². The van der Waals surface area contributed by atoms with E-state index < -0.39 is 0 Å². The van der Waals surface area contributed by atoms with Crippen molar-refractivity contribution >= 4 is 0 Å². The molecule has 0 aliphatic carbocycles. The van der Waals surface area contributed by atoms with E-state index in [4.69, 9.17) is 9.47 Å². The smallest absolute Gasteiger partial charge is 0.213 e. The van der Waals surface area contributed by atoms with Gasteiger partial charge in [0.1, 0.15) is 6.10 Å². The van der Waals surface area contributed by atoms with Gasteiger partial charge in [0.05, 0.1) is 6.61 Å². The molecule has 0 aliphatic heterocycles. The molecular weight excluding hydrogens is 216 g/mol. The monoisotopic (exact) mass is 238 g/mol. The SMILES string of the molecule is CCOCC(C)Oc1ccc(C(C)NC)cn1. The molecule has 2 unspecified atom stereocenters. The first kappa shape index (κ1) is 13.9. The van der Waals surface area contributed by atoms with Crippen molar-refractivity contribution in [2.45, 2.75) is 32.9 Å². The second-order valence-electron chi connectivity index (χ2n) is 4.03. The summed E-state index contributed by atoms with van der Waals surface area (Å²) >= 11 is 0. The van der Waals surface area contributed by atoms with Gasteiger partial charge in [-0.25, -0.2) is 4.98 Å². The van der Waals surface area contributed by atoms with Gasteiger partial charge in [-0.2, -0.15) is 0 Å². The van der Waals surface area contributed by atoms with Crippen LogP contribution in [0.3, 0.4) is 0 Å². The third-order valence-corrected chi connectivity index (χ3v) is 2.57. The van der Waals surface area contributed by atoms with Gasteiger partial charge in [-0.15, -0.1) is 0 Å². The van der Waals surface area contributed by atoms with Crippen molar-refractivity contribution in [3.63, 3.8) is 0 Å². The summed E-state index contributed by atoms with van der Waals surface area (Å²) in [6.07, 6.45) is 1.86. The van der Waals surface area contributed by atoms with Crippen LogP contribution < -0.4 is 10.1 Å². The van der Waals surface area contributed by atoms with Crippen LogP contribution in [0.5, 0.6) is 5.88 Å². The third kappa shape index (κ3) is 4.71. The van der Waals surface area contributed by atoms with E-state index in [0.717, 1.165) is 5.56 Å². The van der Waals surface area contributed by atoms with Crippen LogP contribution in [0.2, 0.25) is 0 Å². The van der Waals surface area contributed by atoms with Gasteiger partial charge in [-0.3, -0.25) is 0 Å². The number of pyridine rings is 1. The zero-order chi connectivity index (χ0) is 12.7. The molecule has 1 N–H and O–H groups in total. The summed E-state index contributed by atoms with van der Waals surface area (Å²) in [5.74, 6) is 0.643. The molecular formula is C13H22N2O2. The van der Waals surface area contributed by atoms with Gasteiger partial charge < -0.3 is 14.8 Å². The quantitative estimate of drug-likeness (QED) is 0.790. The maximum atomic E-state index is 5.63. The fraction of sp³-hybridized carbons (Fsp3) is 0.615. The second kappa shape index (κ2) is 7.25. The molecule has 0 saturated carbocycles. The lowest BCUT2D eigenvalue weighted by Crippen LogP contribution is -2.19. The van der Waals surface area contributed by atoms with E-state index in [-0.39, 0.29) is 6.10 Å². The molecule has 0 amide bonds. The lowest BCUT2D eigenvalue weighted by Gasteiger charge is -2.15. The highest BCUT2D eigenvalue weighted by Crippen LogP contribution is 2.14. The maximum absolute atomic E-state index is 5.63. The van der Waals surface area contributed by atoms with E-state index in [9.17, 15) is 0 Å². The maximum Gasteiger partial charge on any atom is 0.213 e. The molecule has 1 aromatic heterocycles. The summed E-state index contributed by atoms with van der Waals surface area (Å²) in [4.78, 5) is 4.28. The zero-order valence-electron chi connectivity index (χ0n) is 11.1. The van der Waals surface area contributed by atoms with Gasteiger partial charge >= 0.3 is 0 Å². The Labute approximate surface area is 103 Å². The predicted octanol–water partition coefficient (Wildman–Crippen LogP) is 2.17. The number of nitrogens with one attached hydrogen (secondary N) is 1. The molecule has 17 heavy (non-hydrogen) atoms. The first-order valence-corrected chi connectivity index (χ1v) is 6.05. The van der Waals surface area contributed by atoms with Crippen LogP contribution in [-0.4, -0.2) is 31.3 Å². The highest BCUT2D eigenvalue weighted by atomic mass is 16.5. The molecule has 96 valence electrons. The number of hydrogen-bond acceptors (Lipinski definition) is 4. The van der Waals surface area contributed by atoms with E-state index in [0.29, 0.717) is 25.1 Å². The summed E-state index contributed by atoms with van der Waals surface area (Å²) < 4.78 is 10.9. The van der Waals surface area contributed by atoms with Gasteiger partial charge in [0, 0.05) is 24.9 Å². The van der Waals surface area contributed by atoms with Crippen molar-refractivity contribution in [1.29, 1.82) is 0 Å². The van der Waals surface area contributed by atoms with Crippen molar-refractivity contribution in [2.24, 2.45) is 0 Å². The lowest BCUT2D eigenvalue weighted by atomic mass is 10.1. The molecule has 0 aliphatic rings. The summed E-state index contributed by atoms with van der Waals surface area (Å²) in [5.41, 5.74) is 1.15. The molecule has 1 heterocycles. The minimum atomic E-state index is 0.0232. The number of ether oxygens (including phenoxy) is 2. The van der Waals surface area contributed by atoms with E-state index in [1.807, 2.05) is 39.2 Å². The first-order chi connectivity index (χ1) is 8.17. The normalized spacial score (nSPS) is 14.4. The standard InChI is InChI=1S/C13H22N2O2/c1-5-16-9-10(2)17-13-7-6-12(8-15-13)11(3)14-4/h6-8,10-11,14H,5,9H2,1-4H3. The Kier molecular flexibility index (Phi) is 5.94. The number of nitrogens with zero attached hydrogens (tertiary/aromatic N) is 1.